The van der Waals surface area contributed by atoms with Crippen LogP contribution >= 0.6 is 0 Å². The summed E-state index contributed by atoms with van der Waals surface area (Å²) < 4.78 is 34.3. The summed E-state index contributed by atoms with van der Waals surface area (Å²) in [5, 5.41) is 120. The highest BCUT2D eigenvalue weighted by Gasteiger charge is 2.53. The minimum Gasteiger partial charge on any atom is -0.394 e. The van der Waals surface area contributed by atoms with Gasteiger partial charge in [0.05, 0.1) is 38.6 Å². The van der Waals surface area contributed by atoms with Gasteiger partial charge < -0.3 is 89.9 Å². The molecule has 17 atom stereocenters. The molecule has 0 aromatic carbocycles. The van der Waals surface area contributed by atoms with Crippen LogP contribution in [-0.2, 0) is 33.2 Å². The van der Waals surface area contributed by atoms with E-state index in [0.29, 0.717) is 12.8 Å². The van der Waals surface area contributed by atoms with Crippen LogP contribution in [0.15, 0.2) is 36.5 Å². The second kappa shape index (κ2) is 43.6. The molecule has 19 nitrogen and oxygen atoms in total. The lowest BCUT2D eigenvalue weighted by Crippen LogP contribution is -2.66. The van der Waals surface area contributed by atoms with Crippen molar-refractivity contribution in [2.45, 2.75) is 311 Å². The third-order valence-electron chi connectivity index (χ3n) is 15.5. The summed E-state index contributed by atoms with van der Waals surface area (Å²) in [6.45, 7) is 1.75. The Balaban J connectivity index is 1.45. The largest absolute Gasteiger partial charge is 0.394 e. The van der Waals surface area contributed by atoms with Crippen LogP contribution in [0.3, 0.4) is 0 Å². The summed E-state index contributed by atoms with van der Waals surface area (Å²) >= 11 is 0. The van der Waals surface area contributed by atoms with E-state index in [1.807, 2.05) is 0 Å². The number of ether oxygens (including phenoxy) is 6. The normalized spacial score (nSPS) is 30.5. The second-order valence-corrected chi connectivity index (χ2v) is 22.2. The molecule has 19 heteroatoms. The number of nitrogens with one attached hydrogen (secondary N) is 1. The van der Waals surface area contributed by atoms with Gasteiger partial charge >= 0.3 is 0 Å². The fourth-order valence-electron chi connectivity index (χ4n) is 10.4. The highest BCUT2D eigenvalue weighted by Crippen LogP contribution is 2.33. The van der Waals surface area contributed by atoms with Crippen molar-refractivity contribution >= 4 is 5.91 Å². The molecule has 3 saturated heterocycles. The van der Waals surface area contributed by atoms with Crippen LogP contribution in [0.4, 0.5) is 0 Å². The maximum absolute atomic E-state index is 13.3. The molecule has 17 unspecified atom stereocenters. The quantitative estimate of drug-likeness (QED) is 0.0257. The zero-order valence-corrected chi connectivity index (χ0v) is 48.1. The lowest BCUT2D eigenvalue weighted by molar-refractivity contribution is -0.379. The number of aliphatic hydroxyl groups excluding tert-OH is 11. The zero-order valence-electron chi connectivity index (χ0n) is 48.1. The Kier molecular flexibility index (Phi) is 39.4. The second-order valence-electron chi connectivity index (χ2n) is 22.2. The van der Waals surface area contributed by atoms with E-state index in [1.165, 1.54) is 103 Å². The van der Waals surface area contributed by atoms with Crippen molar-refractivity contribution < 1.29 is 89.4 Å². The Bertz CT molecular complexity index is 1590. The van der Waals surface area contributed by atoms with Crippen molar-refractivity contribution in [1.29, 1.82) is 0 Å². The fourth-order valence-corrected chi connectivity index (χ4v) is 10.4. The van der Waals surface area contributed by atoms with Gasteiger partial charge in [-0.15, -0.1) is 0 Å². The molecule has 0 aromatic rings. The molecule has 1 amide bonds. The Morgan fingerprint density at radius 3 is 1.30 bits per heavy atom. The first-order chi connectivity index (χ1) is 38.3. The number of unbranched alkanes of at least 4 members (excludes halogenated alkanes) is 23. The molecule has 12 N–H and O–H groups in total. The van der Waals surface area contributed by atoms with Gasteiger partial charge in [-0.2, -0.15) is 0 Å². The monoisotopic (exact) mass is 1130 g/mol. The summed E-state index contributed by atoms with van der Waals surface area (Å²) in [7, 11) is 0. The third-order valence-corrected chi connectivity index (χ3v) is 15.5. The van der Waals surface area contributed by atoms with Crippen molar-refractivity contribution in [3.05, 3.63) is 36.5 Å². The number of carbonyl (C=O) groups excluding carboxylic acids is 1. The smallest absolute Gasteiger partial charge is 0.220 e. The van der Waals surface area contributed by atoms with Crippen molar-refractivity contribution in [1.82, 2.24) is 5.32 Å². The van der Waals surface area contributed by atoms with Gasteiger partial charge in [0, 0.05) is 6.42 Å². The molecule has 3 heterocycles. The van der Waals surface area contributed by atoms with Crippen LogP contribution < -0.4 is 5.32 Å². The summed E-state index contributed by atoms with van der Waals surface area (Å²) in [6.07, 6.45) is 19.5. The van der Waals surface area contributed by atoms with Crippen molar-refractivity contribution in [2.75, 3.05) is 26.4 Å². The van der Waals surface area contributed by atoms with Crippen molar-refractivity contribution in [3.63, 3.8) is 0 Å². The number of amides is 1. The van der Waals surface area contributed by atoms with Gasteiger partial charge in [-0.1, -0.05) is 185 Å². The van der Waals surface area contributed by atoms with Crippen LogP contribution in [-0.4, -0.2) is 193 Å². The van der Waals surface area contributed by atoms with Gasteiger partial charge in [-0.25, -0.2) is 0 Å². The third kappa shape index (κ3) is 27.5. The van der Waals surface area contributed by atoms with Crippen LogP contribution in [0.2, 0.25) is 0 Å². The number of hydrogen-bond donors (Lipinski definition) is 12. The van der Waals surface area contributed by atoms with Gasteiger partial charge in [-0.3, -0.25) is 4.79 Å². The number of aliphatic hydroxyl groups is 11. The average molecular weight is 1130 g/mol. The van der Waals surface area contributed by atoms with E-state index in [1.54, 1.807) is 0 Å². The molecule has 3 aliphatic rings. The molecular formula is C60H109NO18. The number of hydrogen-bond acceptors (Lipinski definition) is 18. The molecule has 79 heavy (non-hydrogen) atoms. The predicted octanol–water partition coefficient (Wildman–Crippen LogP) is 5.71. The first-order valence-electron chi connectivity index (χ1n) is 30.7. The maximum Gasteiger partial charge on any atom is 0.220 e. The molecule has 0 aromatic heterocycles. The van der Waals surface area contributed by atoms with Crippen LogP contribution in [0.25, 0.3) is 0 Å². The first kappa shape index (κ1) is 71.3. The Morgan fingerprint density at radius 1 is 0.456 bits per heavy atom. The molecular weight excluding hydrogens is 1020 g/mol. The minimum absolute atomic E-state index is 0.252. The van der Waals surface area contributed by atoms with Crippen molar-refractivity contribution in [3.8, 4) is 0 Å². The van der Waals surface area contributed by atoms with E-state index in [4.69, 9.17) is 28.4 Å². The van der Waals surface area contributed by atoms with Crippen LogP contribution in [0.5, 0.6) is 0 Å². The Morgan fingerprint density at radius 2 is 0.835 bits per heavy atom. The van der Waals surface area contributed by atoms with E-state index >= 15 is 0 Å². The van der Waals surface area contributed by atoms with E-state index in [2.05, 4.69) is 55.6 Å². The van der Waals surface area contributed by atoms with E-state index < -0.39 is 124 Å². The maximum atomic E-state index is 13.3. The van der Waals surface area contributed by atoms with Gasteiger partial charge in [0.15, 0.2) is 18.9 Å². The Labute approximate surface area is 472 Å². The van der Waals surface area contributed by atoms with Gasteiger partial charge in [0.1, 0.15) is 73.2 Å². The van der Waals surface area contributed by atoms with E-state index in [9.17, 15) is 61.0 Å². The first-order valence-corrected chi connectivity index (χ1v) is 30.7. The van der Waals surface area contributed by atoms with Gasteiger partial charge in [0.2, 0.25) is 5.91 Å². The highest BCUT2D eigenvalue weighted by atomic mass is 16.8. The SMILES string of the molecule is CCCCCCC/C=C\C/C=C\C/C=C\CCCCCCCCCCC(=O)NC(COC1OC(CO)C(OC2OC(CO)C(OC3OC(CO)C(O)C(O)C3O)C(O)C2O)C(O)C1O)C(O)CCCCCCCCCCCCC. The van der Waals surface area contributed by atoms with Crippen molar-refractivity contribution in [2.24, 2.45) is 0 Å². The van der Waals surface area contributed by atoms with Gasteiger partial charge in [-0.05, 0) is 51.4 Å². The lowest BCUT2D eigenvalue weighted by Gasteiger charge is -2.48. The number of allylic oxidation sites excluding steroid dienone is 6. The lowest BCUT2D eigenvalue weighted by atomic mass is 9.96. The topological polar surface area (TPSA) is 307 Å². The fraction of sp³-hybridized carbons (Fsp3) is 0.883. The predicted molar refractivity (Wildman–Crippen MR) is 300 cm³/mol. The molecule has 3 rings (SSSR count). The molecule has 3 aliphatic heterocycles. The van der Waals surface area contributed by atoms with E-state index in [-0.39, 0.29) is 18.9 Å². The molecule has 0 radical (unpaired) electrons. The average Bonchev–Trinajstić information content (AvgIpc) is 3.49. The highest BCUT2D eigenvalue weighted by molar-refractivity contribution is 5.76. The van der Waals surface area contributed by atoms with Gasteiger partial charge in [0.25, 0.3) is 0 Å². The molecule has 0 spiro atoms. The standard InChI is InChI=1S/C60H109NO18/c1-3-5-7-9-11-13-15-16-17-18-19-20-21-22-23-24-25-26-28-30-32-34-36-38-48(66)61-43(44(65)37-35-33-31-29-27-14-12-10-8-6-4-2)42-74-58-54(72)51(69)56(46(40-63)76-58)79-60-55(73)52(70)57(47(41-64)77-60)78-59-53(71)50(68)49(67)45(39-62)75-59/h15-16,18-19,21-22,43-47,49-60,62-65,67-73H,3-14,17,20,23-42H2,1-2H3,(H,61,66)/b16-15-,19-18-,22-21-. The summed E-state index contributed by atoms with van der Waals surface area (Å²) in [4.78, 5) is 13.3. The van der Waals surface area contributed by atoms with Crippen LogP contribution in [0, 0.1) is 0 Å². The Hall–Kier alpha value is -1.99. The zero-order chi connectivity index (χ0) is 57.6. The summed E-state index contributed by atoms with van der Waals surface area (Å²) in [6, 6.07) is -0.890. The van der Waals surface area contributed by atoms with E-state index in [0.717, 1.165) is 70.6 Å². The summed E-state index contributed by atoms with van der Waals surface area (Å²) in [5.74, 6) is -0.252. The molecule has 0 saturated carbocycles. The molecule has 0 aliphatic carbocycles. The summed E-state index contributed by atoms with van der Waals surface area (Å²) in [5.41, 5.74) is 0. The van der Waals surface area contributed by atoms with Crippen LogP contribution in [0.1, 0.15) is 206 Å². The number of rotatable bonds is 45. The number of carbonyl (C=O) groups is 1. The molecule has 3 fully saturated rings. The minimum atomic E-state index is -1.97. The molecule has 0 bridgehead atoms. The molecule has 462 valence electrons.